The number of nitrogens with two attached hydrogens (primary N) is 1. The summed E-state index contributed by atoms with van der Waals surface area (Å²) in [5, 5.41) is 15.1. The van der Waals surface area contributed by atoms with Gasteiger partial charge in [-0.2, -0.15) is 0 Å². The van der Waals surface area contributed by atoms with E-state index in [4.69, 9.17) is 15.6 Å². The number of fused-ring (bicyclic) bond motifs is 1. The summed E-state index contributed by atoms with van der Waals surface area (Å²) in [6.07, 6.45) is 6.75. The molecule has 1 aliphatic carbocycles. The number of aryl methyl sites for hydroxylation is 1. The minimum atomic E-state index is -3.98. The van der Waals surface area contributed by atoms with E-state index in [-0.39, 0.29) is 29.1 Å². The summed E-state index contributed by atoms with van der Waals surface area (Å²) < 4.78 is 33.5. The number of hydrogen-bond donors (Lipinski definition) is 4. The fourth-order valence-corrected chi connectivity index (χ4v) is 7.30. The van der Waals surface area contributed by atoms with Crippen molar-refractivity contribution >= 4 is 50.4 Å². The number of aliphatic hydroxyl groups is 1. The average Bonchev–Trinajstić information content (AvgIpc) is 3.07. The number of primary amides is 1. The SMILES string of the molecule is COc1cccc(Nc2c(C(N)=O)cnc3c2=CC(S(=O)(=O)c2cccc(C(=O)Nc4ccc(CCCCCO)cc4)c2)CC=3C)c1. The Kier molecular flexibility index (Phi) is 10.4. The number of hydrogen-bond acceptors (Lipinski definition) is 8. The molecule has 3 aromatic carbocycles. The minimum Gasteiger partial charge on any atom is -0.497 e. The van der Waals surface area contributed by atoms with Gasteiger partial charge in [0.25, 0.3) is 11.8 Å². The van der Waals surface area contributed by atoms with E-state index in [1.54, 1.807) is 49.6 Å². The van der Waals surface area contributed by atoms with Crippen LogP contribution in [0.5, 0.6) is 5.75 Å². The number of carbonyl (C=O) groups is 2. The zero-order valence-electron chi connectivity index (χ0n) is 26.3. The Labute approximate surface area is 273 Å². The molecule has 5 rings (SSSR count). The highest BCUT2D eigenvalue weighted by Crippen LogP contribution is 2.27. The van der Waals surface area contributed by atoms with E-state index in [1.807, 2.05) is 31.2 Å². The average molecular weight is 655 g/mol. The van der Waals surface area contributed by atoms with Gasteiger partial charge in [-0.3, -0.25) is 14.6 Å². The van der Waals surface area contributed by atoms with Gasteiger partial charge in [-0.15, -0.1) is 0 Å². The molecular formula is C36H38N4O6S. The van der Waals surface area contributed by atoms with Gasteiger partial charge in [0, 0.05) is 41.0 Å². The van der Waals surface area contributed by atoms with E-state index >= 15 is 0 Å². The smallest absolute Gasteiger partial charge is 0.255 e. The summed E-state index contributed by atoms with van der Waals surface area (Å²) in [5.74, 6) is -0.552. The molecule has 0 radical (unpaired) electrons. The van der Waals surface area contributed by atoms with Crippen molar-refractivity contribution in [2.75, 3.05) is 24.4 Å². The van der Waals surface area contributed by atoms with Gasteiger partial charge in [0.15, 0.2) is 9.84 Å². The van der Waals surface area contributed by atoms with Gasteiger partial charge >= 0.3 is 0 Å². The number of aromatic nitrogens is 1. The lowest BCUT2D eigenvalue weighted by Crippen LogP contribution is -2.41. The number of methoxy groups -OCH3 is 1. The molecule has 0 aliphatic heterocycles. The number of sulfone groups is 1. The molecule has 1 aromatic heterocycles. The molecule has 5 N–H and O–H groups in total. The lowest BCUT2D eigenvalue weighted by atomic mass is 10.0. The van der Waals surface area contributed by atoms with Crippen LogP contribution in [0.2, 0.25) is 0 Å². The second-order valence-corrected chi connectivity index (χ2v) is 13.6. The molecule has 0 spiro atoms. The van der Waals surface area contributed by atoms with Gasteiger partial charge in [0.2, 0.25) is 0 Å². The fraction of sp³-hybridized carbons (Fsp3) is 0.250. The van der Waals surface area contributed by atoms with Gasteiger partial charge in [-0.05, 0) is 86.2 Å². The van der Waals surface area contributed by atoms with Gasteiger partial charge in [-0.25, -0.2) is 8.42 Å². The number of nitrogens with zero attached hydrogens (tertiary/aromatic N) is 1. The summed E-state index contributed by atoms with van der Waals surface area (Å²) in [7, 11) is -2.44. The van der Waals surface area contributed by atoms with Crippen LogP contribution in [0.4, 0.5) is 17.1 Å². The van der Waals surface area contributed by atoms with Crippen LogP contribution in [-0.4, -0.2) is 49.3 Å². The predicted octanol–water partition coefficient (Wildman–Crippen LogP) is 4.09. The summed E-state index contributed by atoms with van der Waals surface area (Å²) in [6, 6.07) is 20.6. The van der Waals surface area contributed by atoms with Crippen molar-refractivity contribution in [1.29, 1.82) is 0 Å². The van der Waals surface area contributed by atoms with Gasteiger partial charge in [-0.1, -0.05) is 36.8 Å². The number of aliphatic hydroxyl groups excluding tert-OH is 1. The van der Waals surface area contributed by atoms with Crippen molar-refractivity contribution in [3.05, 3.63) is 106 Å². The molecule has 11 heteroatoms. The Bertz CT molecular complexity index is 2030. The van der Waals surface area contributed by atoms with Crippen LogP contribution in [0.15, 0.2) is 83.9 Å². The van der Waals surface area contributed by atoms with E-state index in [0.717, 1.165) is 36.8 Å². The summed E-state index contributed by atoms with van der Waals surface area (Å²) >= 11 is 0. The molecule has 0 fully saturated rings. The molecule has 1 heterocycles. The second-order valence-electron chi connectivity index (χ2n) is 11.5. The van der Waals surface area contributed by atoms with E-state index in [9.17, 15) is 18.0 Å². The standard InChI is InChI=1S/C36H38N4O6S/c1-23-18-30(21-31-33(23)38-22-32(35(37)42)34(31)39-27-10-7-11-28(20-27)46-2)47(44,45)29-12-6-9-25(19-29)36(43)40-26-15-13-24(14-16-26)8-4-3-5-17-41/h6-7,9-16,19-22,30,39,41H,3-5,8,17-18H2,1-2H3,(H2,37,42)(H,40,43). The lowest BCUT2D eigenvalue weighted by molar-refractivity contribution is 0.0998. The summed E-state index contributed by atoms with van der Waals surface area (Å²) in [6.45, 7) is 2.00. The molecule has 4 aromatic rings. The molecule has 0 saturated heterocycles. The zero-order chi connectivity index (χ0) is 33.6. The fourth-order valence-electron chi connectivity index (χ4n) is 5.60. The van der Waals surface area contributed by atoms with Crippen molar-refractivity contribution in [2.45, 2.75) is 49.2 Å². The number of pyridine rings is 1. The monoisotopic (exact) mass is 654 g/mol. The molecule has 47 heavy (non-hydrogen) atoms. The maximum atomic E-state index is 14.1. The highest BCUT2D eigenvalue weighted by molar-refractivity contribution is 7.92. The molecular weight excluding hydrogens is 616 g/mol. The molecule has 244 valence electrons. The van der Waals surface area contributed by atoms with E-state index in [0.29, 0.717) is 33.4 Å². The Balaban J connectivity index is 1.43. The quantitative estimate of drug-likeness (QED) is 0.157. The van der Waals surface area contributed by atoms with Gasteiger partial charge in [0.05, 0.1) is 33.9 Å². The maximum Gasteiger partial charge on any atom is 0.255 e. The topological polar surface area (TPSA) is 161 Å². The Morgan fingerprint density at radius 3 is 2.49 bits per heavy atom. The minimum absolute atomic E-state index is 0.00203. The zero-order valence-corrected chi connectivity index (χ0v) is 27.1. The number of rotatable bonds is 13. The van der Waals surface area contributed by atoms with Crippen molar-refractivity contribution < 1.29 is 27.9 Å². The molecule has 0 bridgehead atoms. The predicted molar refractivity (Wildman–Crippen MR) is 183 cm³/mol. The lowest BCUT2D eigenvalue weighted by Gasteiger charge is -2.21. The number of benzene rings is 3. The van der Waals surface area contributed by atoms with Crippen LogP contribution in [0, 0.1) is 0 Å². The normalized spacial score (nSPS) is 14.1. The highest BCUT2D eigenvalue weighted by atomic mass is 32.2. The number of carbonyl (C=O) groups excluding carboxylic acids is 2. The molecule has 1 unspecified atom stereocenters. The van der Waals surface area contributed by atoms with Crippen LogP contribution in [0.3, 0.4) is 0 Å². The van der Waals surface area contributed by atoms with E-state index in [1.165, 1.54) is 18.3 Å². The number of amides is 2. The van der Waals surface area contributed by atoms with Crippen LogP contribution in [0.1, 0.15) is 58.9 Å². The third-order valence-corrected chi connectivity index (χ3v) is 10.2. The van der Waals surface area contributed by atoms with E-state index < -0.39 is 26.9 Å². The molecule has 0 saturated carbocycles. The third kappa shape index (κ3) is 7.70. The van der Waals surface area contributed by atoms with Crippen molar-refractivity contribution in [1.82, 2.24) is 4.98 Å². The van der Waals surface area contributed by atoms with Gasteiger partial charge < -0.3 is 26.2 Å². The number of nitrogens with one attached hydrogen (secondary N) is 2. The Morgan fingerprint density at radius 1 is 1.00 bits per heavy atom. The first-order valence-corrected chi connectivity index (χ1v) is 16.9. The van der Waals surface area contributed by atoms with Crippen LogP contribution in [0.25, 0.3) is 11.6 Å². The largest absolute Gasteiger partial charge is 0.497 e. The van der Waals surface area contributed by atoms with Crippen molar-refractivity contribution in [3.63, 3.8) is 0 Å². The third-order valence-electron chi connectivity index (χ3n) is 8.14. The number of unbranched alkanes of at least 4 members (excludes halogenated alkanes) is 2. The van der Waals surface area contributed by atoms with Crippen LogP contribution in [-0.2, 0) is 16.3 Å². The van der Waals surface area contributed by atoms with Gasteiger partial charge in [0.1, 0.15) is 5.75 Å². The van der Waals surface area contributed by atoms with Crippen molar-refractivity contribution in [2.24, 2.45) is 5.73 Å². The second kappa shape index (κ2) is 14.6. The summed E-state index contributed by atoms with van der Waals surface area (Å²) in [4.78, 5) is 30.1. The molecule has 10 nitrogen and oxygen atoms in total. The summed E-state index contributed by atoms with van der Waals surface area (Å²) in [5.41, 5.74) is 9.44. The first-order valence-electron chi connectivity index (χ1n) is 15.4. The Morgan fingerprint density at radius 2 is 1.77 bits per heavy atom. The van der Waals surface area contributed by atoms with Crippen LogP contribution < -0.4 is 31.7 Å². The highest BCUT2D eigenvalue weighted by Gasteiger charge is 2.30. The number of ether oxygens (including phenoxy) is 1. The Hall–Kier alpha value is -5.00. The number of anilines is 3. The molecule has 1 atom stereocenters. The molecule has 1 aliphatic rings. The van der Waals surface area contributed by atoms with E-state index in [2.05, 4.69) is 15.6 Å². The molecule has 2 amide bonds. The van der Waals surface area contributed by atoms with Crippen molar-refractivity contribution in [3.8, 4) is 5.75 Å². The maximum absolute atomic E-state index is 14.1. The first-order chi connectivity index (χ1) is 22.6. The van der Waals surface area contributed by atoms with Crippen LogP contribution >= 0.6 is 0 Å². The first kappa shape index (κ1) is 33.4.